The van der Waals surface area contributed by atoms with Crippen molar-refractivity contribution in [2.24, 2.45) is 16.1 Å². The van der Waals surface area contributed by atoms with Crippen LogP contribution < -0.4 is 5.32 Å². The number of aromatic nitrogens is 1. The summed E-state index contributed by atoms with van der Waals surface area (Å²) in [6.07, 6.45) is 4.86. The summed E-state index contributed by atoms with van der Waals surface area (Å²) >= 11 is 5.29. The quantitative estimate of drug-likeness (QED) is 0.551. The number of aromatic hydroxyl groups is 1. The van der Waals surface area contributed by atoms with Gasteiger partial charge in [-0.3, -0.25) is 0 Å². The Morgan fingerprint density at radius 2 is 2.13 bits per heavy atom. The standard InChI is InChI=1S/C17H22N4OS/c1-10-6-3-4-9-13(10)18-17(23)21-20-15-12-8-5-7-11(2)14(12)19-16(15)22/h5,7-8,10,13,19,22H,3-4,6,9H2,1-2H3,(H,18,23)/t10-,13-/m0/s1. The predicted octanol–water partition coefficient (Wildman–Crippen LogP) is 4.72. The zero-order valence-corrected chi connectivity index (χ0v) is 14.3. The van der Waals surface area contributed by atoms with E-state index in [1.807, 2.05) is 25.1 Å². The Morgan fingerprint density at radius 3 is 2.91 bits per heavy atom. The van der Waals surface area contributed by atoms with Gasteiger partial charge in [0.2, 0.25) is 11.0 Å². The molecule has 0 unspecified atom stereocenters. The van der Waals surface area contributed by atoms with Crippen LogP contribution in [0.25, 0.3) is 10.9 Å². The lowest BCUT2D eigenvalue weighted by atomic mass is 9.86. The second-order valence-corrected chi connectivity index (χ2v) is 6.72. The van der Waals surface area contributed by atoms with Crippen molar-refractivity contribution in [3.63, 3.8) is 0 Å². The van der Waals surface area contributed by atoms with Crippen molar-refractivity contribution < 1.29 is 5.11 Å². The number of nitrogens with zero attached hydrogens (tertiary/aromatic N) is 2. The number of H-pyrrole nitrogens is 1. The molecule has 3 N–H and O–H groups in total. The van der Waals surface area contributed by atoms with Crippen molar-refractivity contribution in [1.29, 1.82) is 0 Å². The van der Waals surface area contributed by atoms with Crippen molar-refractivity contribution >= 4 is 33.9 Å². The van der Waals surface area contributed by atoms with E-state index in [2.05, 4.69) is 27.5 Å². The maximum absolute atomic E-state index is 10.1. The smallest absolute Gasteiger partial charge is 0.218 e. The highest BCUT2D eigenvalue weighted by atomic mass is 32.1. The number of nitrogens with one attached hydrogen (secondary N) is 2. The van der Waals surface area contributed by atoms with Gasteiger partial charge >= 0.3 is 0 Å². The van der Waals surface area contributed by atoms with Gasteiger partial charge in [-0.25, -0.2) is 0 Å². The fourth-order valence-corrected chi connectivity index (χ4v) is 3.44. The Morgan fingerprint density at radius 1 is 1.35 bits per heavy atom. The van der Waals surface area contributed by atoms with E-state index in [0.29, 0.717) is 22.8 Å². The van der Waals surface area contributed by atoms with Crippen LogP contribution in [0, 0.1) is 12.8 Å². The summed E-state index contributed by atoms with van der Waals surface area (Å²) < 4.78 is 0. The summed E-state index contributed by atoms with van der Waals surface area (Å²) in [5.41, 5.74) is 2.36. The van der Waals surface area contributed by atoms with Gasteiger partial charge in [0.25, 0.3) is 0 Å². The van der Waals surface area contributed by atoms with Crippen LogP contribution in [0.15, 0.2) is 28.4 Å². The van der Waals surface area contributed by atoms with Crippen molar-refractivity contribution in [3.8, 4) is 5.88 Å². The summed E-state index contributed by atoms with van der Waals surface area (Å²) in [6.45, 7) is 4.22. The van der Waals surface area contributed by atoms with Crippen molar-refractivity contribution in [1.82, 2.24) is 10.3 Å². The number of hydrogen-bond donors (Lipinski definition) is 3. The number of para-hydroxylation sites is 1. The van der Waals surface area contributed by atoms with E-state index < -0.39 is 0 Å². The maximum atomic E-state index is 10.1. The molecule has 0 saturated heterocycles. The topological polar surface area (TPSA) is 72.8 Å². The van der Waals surface area contributed by atoms with Crippen LogP contribution in [0.4, 0.5) is 5.69 Å². The minimum Gasteiger partial charge on any atom is -0.493 e. The van der Waals surface area contributed by atoms with Gasteiger partial charge in [-0.2, -0.15) is 0 Å². The molecule has 23 heavy (non-hydrogen) atoms. The average Bonchev–Trinajstić information content (AvgIpc) is 2.85. The summed E-state index contributed by atoms with van der Waals surface area (Å²) in [6, 6.07) is 6.20. The fraction of sp³-hybridized carbons (Fsp3) is 0.471. The highest BCUT2D eigenvalue weighted by Gasteiger charge is 2.21. The summed E-state index contributed by atoms with van der Waals surface area (Å²) in [5, 5.41) is 22.8. The average molecular weight is 330 g/mol. The molecule has 0 radical (unpaired) electrons. The number of azo groups is 1. The zero-order valence-electron chi connectivity index (χ0n) is 13.5. The first kappa shape index (κ1) is 15.9. The zero-order chi connectivity index (χ0) is 16.4. The maximum Gasteiger partial charge on any atom is 0.218 e. The van der Waals surface area contributed by atoms with Crippen molar-refractivity contribution in [3.05, 3.63) is 23.8 Å². The van der Waals surface area contributed by atoms with Gasteiger partial charge in [-0.05, 0) is 43.5 Å². The Labute approximate surface area is 141 Å². The van der Waals surface area contributed by atoms with Crippen LogP contribution in [0.2, 0.25) is 0 Å². The van der Waals surface area contributed by atoms with Gasteiger partial charge in [-0.15, -0.1) is 10.2 Å². The van der Waals surface area contributed by atoms with Crippen LogP contribution in [0.3, 0.4) is 0 Å². The van der Waals surface area contributed by atoms with E-state index in [1.165, 1.54) is 19.3 Å². The number of hydrogen-bond acceptors (Lipinski definition) is 3. The lowest BCUT2D eigenvalue weighted by molar-refractivity contribution is 0.309. The first-order valence-electron chi connectivity index (χ1n) is 8.08. The molecule has 3 rings (SSSR count). The minimum atomic E-state index is 0.0203. The van der Waals surface area contributed by atoms with E-state index in [9.17, 15) is 5.11 Å². The van der Waals surface area contributed by atoms with E-state index in [4.69, 9.17) is 12.2 Å². The van der Waals surface area contributed by atoms with Crippen LogP contribution in [-0.2, 0) is 0 Å². The normalized spacial score (nSPS) is 21.8. The molecule has 1 aromatic carbocycles. The van der Waals surface area contributed by atoms with E-state index in [0.717, 1.165) is 22.9 Å². The molecule has 1 aliphatic rings. The number of aryl methyl sites for hydroxylation is 1. The van der Waals surface area contributed by atoms with Gasteiger partial charge in [0.05, 0.1) is 5.52 Å². The highest BCUT2D eigenvalue weighted by molar-refractivity contribution is 7.80. The second-order valence-electron chi connectivity index (χ2n) is 6.34. The van der Waals surface area contributed by atoms with E-state index >= 15 is 0 Å². The third kappa shape index (κ3) is 3.37. The summed E-state index contributed by atoms with van der Waals surface area (Å²) in [7, 11) is 0. The number of rotatable bonds is 2. The number of benzene rings is 1. The monoisotopic (exact) mass is 330 g/mol. The molecule has 0 aliphatic heterocycles. The second kappa shape index (κ2) is 6.66. The lowest BCUT2D eigenvalue weighted by Crippen LogP contribution is -2.39. The number of aromatic amines is 1. The molecule has 1 aromatic heterocycles. The fourth-order valence-electron chi connectivity index (χ4n) is 3.25. The molecular weight excluding hydrogens is 308 g/mol. The van der Waals surface area contributed by atoms with Gasteiger partial charge in [0.1, 0.15) is 0 Å². The first-order valence-corrected chi connectivity index (χ1v) is 8.49. The molecule has 1 saturated carbocycles. The summed E-state index contributed by atoms with van der Waals surface area (Å²) in [5.74, 6) is 0.618. The molecule has 1 aliphatic carbocycles. The van der Waals surface area contributed by atoms with Crippen LogP contribution in [-0.4, -0.2) is 21.2 Å². The molecule has 2 aromatic rings. The molecule has 0 spiro atoms. The lowest BCUT2D eigenvalue weighted by Gasteiger charge is -2.29. The van der Waals surface area contributed by atoms with Crippen molar-refractivity contribution in [2.45, 2.75) is 45.6 Å². The number of thiocarbonyl (C=S) groups is 1. The van der Waals surface area contributed by atoms with Crippen LogP contribution in [0.1, 0.15) is 38.2 Å². The van der Waals surface area contributed by atoms with Crippen LogP contribution >= 0.6 is 12.2 Å². The van der Waals surface area contributed by atoms with Crippen LogP contribution in [0.5, 0.6) is 5.88 Å². The SMILES string of the molecule is Cc1cccc2c(N=NC(=S)N[C@H]3CCCC[C@@H]3C)c(O)[nH]c12. The number of fused-ring (bicyclic) bond motifs is 1. The minimum absolute atomic E-state index is 0.0203. The Hall–Kier alpha value is -1.95. The molecule has 2 atom stereocenters. The third-order valence-electron chi connectivity index (χ3n) is 4.66. The van der Waals surface area contributed by atoms with Gasteiger partial charge in [0, 0.05) is 11.4 Å². The molecule has 1 fully saturated rings. The first-order chi connectivity index (χ1) is 11.1. The third-order valence-corrected chi connectivity index (χ3v) is 4.86. The Kier molecular flexibility index (Phi) is 4.61. The van der Waals surface area contributed by atoms with Crippen molar-refractivity contribution in [2.75, 3.05) is 0 Å². The molecule has 1 heterocycles. The highest BCUT2D eigenvalue weighted by Crippen LogP contribution is 2.36. The van der Waals surface area contributed by atoms with Gasteiger partial charge in [0.15, 0.2) is 5.69 Å². The summed E-state index contributed by atoms with van der Waals surface area (Å²) in [4.78, 5) is 2.95. The molecule has 0 bridgehead atoms. The largest absolute Gasteiger partial charge is 0.493 e. The van der Waals surface area contributed by atoms with Gasteiger partial charge < -0.3 is 15.4 Å². The molecular formula is C17H22N4OS. The van der Waals surface area contributed by atoms with Gasteiger partial charge in [-0.1, -0.05) is 38.0 Å². The predicted molar refractivity (Wildman–Crippen MR) is 96.4 cm³/mol. The molecule has 0 amide bonds. The van der Waals surface area contributed by atoms with E-state index in [-0.39, 0.29) is 5.88 Å². The molecule has 122 valence electrons. The Balaban J connectivity index is 1.76. The molecule has 5 nitrogen and oxygen atoms in total. The Bertz CT molecular complexity index is 752. The molecule has 6 heteroatoms. The van der Waals surface area contributed by atoms with E-state index in [1.54, 1.807) is 0 Å².